The van der Waals surface area contributed by atoms with E-state index in [1.165, 1.54) is 5.56 Å². The number of hydrogen-bond acceptors (Lipinski definition) is 2. The SMILES string of the molecule is CCN(CC)n1nc2ccccc2c1C#CC1(c2ccccc2)C(C)(C)C1(C)C. The van der Waals surface area contributed by atoms with Crippen molar-refractivity contribution in [2.75, 3.05) is 18.1 Å². The van der Waals surface area contributed by atoms with Crippen LogP contribution >= 0.6 is 0 Å². The Morgan fingerprint density at radius 2 is 1.45 bits per heavy atom. The van der Waals surface area contributed by atoms with Crippen molar-refractivity contribution >= 4 is 10.9 Å². The predicted molar refractivity (Wildman–Crippen MR) is 122 cm³/mol. The molecule has 150 valence electrons. The van der Waals surface area contributed by atoms with E-state index in [-0.39, 0.29) is 16.2 Å². The van der Waals surface area contributed by atoms with E-state index >= 15 is 0 Å². The summed E-state index contributed by atoms with van der Waals surface area (Å²) in [6.45, 7) is 15.5. The molecule has 2 aromatic carbocycles. The zero-order valence-corrected chi connectivity index (χ0v) is 18.5. The number of benzene rings is 2. The molecule has 1 fully saturated rings. The number of rotatable bonds is 4. The van der Waals surface area contributed by atoms with E-state index in [1.807, 2.05) is 10.9 Å². The normalized spacial score (nSPS) is 18.1. The molecule has 0 unspecified atom stereocenters. The zero-order valence-electron chi connectivity index (χ0n) is 18.5. The summed E-state index contributed by atoms with van der Waals surface area (Å²) < 4.78 is 0. The van der Waals surface area contributed by atoms with Gasteiger partial charge in [-0.2, -0.15) is 9.89 Å². The van der Waals surface area contributed by atoms with Gasteiger partial charge in [0, 0.05) is 18.5 Å². The summed E-state index contributed by atoms with van der Waals surface area (Å²) in [5.74, 6) is 7.37. The lowest BCUT2D eigenvalue weighted by Crippen LogP contribution is -2.36. The molecule has 0 saturated heterocycles. The quantitative estimate of drug-likeness (QED) is 0.563. The average molecular weight is 386 g/mol. The molecule has 3 nitrogen and oxygen atoms in total. The van der Waals surface area contributed by atoms with Crippen molar-refractivity contribution in [3.05, 3.63) is 65.9 Å². The van der Waals surface area contributed by atoms with Crippen LogP contribution in [0.15, 0.2) is 54.6 Å². The standard InChI is InChI=1S/C26H31N3/c1-7-28(8-2)29-23(21-16-12-13-17-22(21)27-29)18-19-26(20-14-10-9-11-15-20)24(3,4)25(26,5)6/h9-17H,7-8H2,1-6H3. The van der Waals surface area contributed by atoms with Crippen LogP contribution in [0, 0.1) is 22.7 Å². The highest BCUT2D eigenvalue weighted by atomic mass is 15.7. The molecule has 1 aromatic heterocycles. The molecule has 3 heteroatoms. The fourth-order valence-electron chi connectivity index (χ4n) is 5.09. The first-order valence-corrected chi connectivity index (χ1v) is 10.6. The summed E-state index contributed by atoms with van der Waals surface area (Å²) in [5, 5.41) is 8.20. The summed E-state index contributed by atoms with van der Waals surface area (Å²) in [7, 11) is 0. The van der Waals surface area contributed by atoms with Crippen LogP contribution in [-0.4, -0.2) is 23.0 Å². The van der Waals surface area contributed by atoms with Crippen molar-refractivity contribution in [2.24, 2.45) is 10.8 Å². The summed E-state index contributed by atoms with van der Waals surface area (Å²) in [6.07, 6.45) is 0. The van der Waals surface area contributed by atoms with Crippen LogP contribution in [0.25, 0.3) is 10.9 Å². The zero-order chi connectivity index (χ0) is 20.9. The van der Waals surface area contributed by atoms with Crippen LogP contribution in [0.2, 0.25) is 0 Å². The second-order valence-electron chi connectivity index (χ2n) is 9.01. The fourth-order valence-corrected chi connectivity index (χ4v) is 5.09. The maximum atomic E-state index is 4.86. The highest BCUT2D eigenvalue weighted by Crippen LogP contribution is 2.77. The lowest BCUT2D eigenvalue weighted by atomic mass is 9.86. The first-order chi connectivity index (χ1) is 13.8. The third kappa shape index (κ3) is 2.55. The molecule has 1 saturated carbocycles. The molecule has 0 radical (unpaired) electrons. The van der Waals surface area contributed by atoms with Gasteiger partial charge in [0.05, 0.1) is 10.9 Å². The third-order valence-electron chi connectivity index (χ3n) is 7.51. The van der Waals surface area contributed by atoms with E-state index in [0.29, 0.717) is 0 Å². The van der Waals surface area contributed by atoms with Gasteiger partial charge in [-0.15, -0.1) is 0 Å². The molecule has 29 heavy (non-hydrogen) atoms. The van der Waals surface area contributed by atoms with Crippen molar-refractivity contribution in [3.63, 3.8) is 0 Å². The van der Waals surface area contributed by atoms with Gasteiger partial charge >= 0.3 is 0 Å². The lowest BCUT2D eigenvalue weighted by Gasteiger charge is -2.22. The molecule has 1 aliphatic rings. The minimum atomic E-state index is -0.180. The van der Waals surface area contributed by atoms with Crippen molar-refractivity contribution in [2.45, 2.75) is 47.0 Å². The third-order valence-corrected chi connectivity index (χ3v) is 7.51. The van der Waals surface area contributed by atoms with E-state index in [0.717, 1.165) is 29.7 Å². The Morgan fingerprint density at radius 3 is 2.03 bits per heavy atom. The highest BCUT2D eigenvalue weighted by Gasteiger charge is 2.77. The second-order valence-corrected chi connectivity index (χ2v) is 9.01. The Kier molecular flexibility index (Phi) is 4.50. The van der Waals surface area contributed by atoms with Crippen LogP contribution in [0.1, 0.15) is 52.8 Å². The number of aromatic nitrogens is 2. The van der Waals surface area contributed by atoms with E-state index in [1.54, 1.807) is 0 Å². The first-order valence-electron chi connectivity index (χ1n) is 10.6. The molecule has 1 aliphatic carbocycles. The number of hydrogen-bond donors (Lipinski definition) is 0. The Bertz CT molecular complexity index is 1080. The molecule has 3 aromatic rings. The van der Waals surface area contributed by atoms with Crippen LogP contribution in [0.3, 0.4) is 0 Å². The fraction of sp³-hybridized carbons (Fsp3) is 0.423. The summed E-state index contributed by atoms with van der Waals surface area (Å²) in [5.41, 5.74) is 3.28. The molecular formula is C26H31N3. The summed E-state index contributed by atoms with van der Waals surface area (Å²) >= 11 is 0. The summed E-state index contributed by atoms with van der Waals surface area (Å²) in [4.78, 5) is 2.01. The van der Waals surface area contributed by atoms with Gasteiger partial charge < -0.3 is 0 Å². The predicted octanol–water partition coefficient (Wildman–Crippen LogP) is 5.37. The monoisotopic (exact) mass is 385 g/mol. The van der Waals surface area contributed by atoms with Crippen LogP contribution in [0.5, 0.6) is 0 Å². The van der Waals surface area contributed by atoms with Gasteiger partial charge in [-0.05, 0) is 48.3 Å². The topological polar surface area (TPSA) is 21.1 Å². The number of nitrogens with zero attached hydrogens (tertiary/aromatic N) is 3. The molecular weight excluding hydrogens is 354 g/mol. The average Bonchev–Trinajstić information content (AvgIpc) is 2.96. The molecule has 0 aliphatic heterocycles. The first kappa shape index (κ1) is 19.6. The van der Waals surface area contributed by atoms with E-state index in [9.17, 15) is 0 Å². The van der Waals surface area contributed by atoms with E-state index in [4.69, 9.17) is 5.10 Å². The lowest BCUT2D eigenvalue weighted by molar-refractivity contribution is 0.457. The molecule has 0 atom stereocenters. The van der Waals surface area contributed by atoms with E-state index in [2.05, 4.69) is 107 Å². The Hall–Kier alpha value is -2.73. The molecule has 0 N–H and O–H groups in total. The Morgan fingerprint density at radius 1 is 0.862 bits per heavy atom. The Labute approximate surface area is 174 Å². The molecule has 4 rings (SSSR count). The Balaban J connectivity index is 1.93. The van der Waals surface area contributed by atoms with Crippen molar-refractivity contribution in [1.29, 1.82) is 0 Å². The minimum absolute atomic E-state index is 0.0875. The second kappa shape index (κ2) is 6.66. The van der Waals surface area contributed by atoms with Crippen molar-refractivity contribution < 1.29 is 0 Å². The maximum Gasteiger partial charge on any atom is 0.142 e. The smallest absolute Gasteiger partial charge is 0.142 e. The van der Waals surface area contributed by atoms with Gasteiger partial charge in [-0.25, -0.2) is 0 Å². The highest BCUT2D eigenvalue weighted by molar-refractivity contribution is 5.84. The maximum absolute atomic E-state index is 4.86. The van der Waals surface area contributed by atoms with Gasteiger partial charge in [-0.1, -0.05) is 76.1 Å². The van der Waals surface area contributed by atoms with Gasteiger partial charge in [0.1, 0.15) is 5.69 Å². The molecule has 1 heterocycles. The van der Waals surface area contributed by atoms with Gasteiger partial charge in [0.2, 0.25) is 0 Å². The van der Waals surface area contributed by atoms with Gasteiger partial charge in [0.25, 0.3) is 0 Å². The largest absolute Gasteiger partial charge is 0.296 e. The van der Waals surface area contributed by atoms with Gasteiger partial charge in [0.15, 0.2) is 0 Å². The van der Waals surface area contributed by atoms with Gasteiger partial charge in [-0.3, -0.25) is 5.01 Å². The van der Waals surface area contributed by atoms with Crippen LogP contribution in [0.4, 0.5) is 0 Å². The van der Waals surface area contributed by atoms with Crippen LogP contribution < -0.4 is 5.01 Å². The van der Waals surface area contributed by atoms with E-state index < -0.39 is 0 Å². The molecule has 0 amide bonds. The minimum Gasteiger partial charge on any atom is -0.296 e. The molecule has 0 bridgehead atoms. The summed E-state index contributed by atoms with van der Waals surface area (Å²) in [6, 6.07) is 19.1. The van der Waals surface area contributed by atoms with Crippen molar-refractivity contribution in [3.8, 4) is 11.8 Å². The van der Waals surface area contributed by atoms with Crippen molar-refractivity contribution in [1.82, 2.24) is 9.89 Å². The molecule has 0 spiro atoms. The van der Waals surface area contributed by atoms with Crippen LogP contribution in [-0.2, 0) is 5.41 Å². The number of fused-ring (bicyclic) bond motifs is 1.